The van der Waals surface area contributed by atoms with E-state index in [0.29, 0.717) is 35.9 Å². The molecule has 1 atom stereocenters. The molecule has 1 aliphatic rings. The van der Waals surface area contributed by atoms with Crippen molar-refractivity contribution in [2.45, 2.75) is 26.5 Å². The molecule has 1 aliphatic heterocycles. The Kier molecular flexibility index (Phi) is 6.22. The van der Waals surface area contributed by atoms with Gasteiger partial charge >= 0.3 is 5.97 Å². The zero-order valence-corrected chi connectivity index (χ0v) is 18.6. The highest BCUT2D eigenvalue weighted by molar-refractivity contribution is 6.00. The third kappa shape index (κ3) is 4.56. The smallest absolute Gasteiger partial charge is 0.338 e. The number of nitrogens with two attached hydrogens (primary N) is 1. The fourth-order valence-corrected chi connectivity index (χ4v) is 3.84. The van der Waals surface area contributed by atoms with Gasteiger partial charge in [0.15, 0.2) is 24.2 Å². The number of hydrogen-bond donors (Lipinski definition) is 1. The van der Waals surface area contributed by atoms with Crippen LogP contribution in [0.1, 0.15) is 32.1 Å². The highest BCUT2D eigenvalue weighted by Gasteiger charge is 2.24. The third-order valence-corrected chi connectivity index (χ3v) is 5.62. The minimum atomic E-state index is -0.850. The number of Topliss-reactive ketones (excluding diaryl/α,β-unsaturated/α-hetero) is 1. The molecule has 0 bridgehead atoms. The molecule has 2 N–H and O–H groups in total. The number of para-hydroxylation sites is 2. The van der Waals surface area contributed by atoms with Gasteiger partial charge in [-0.1, -0.05) is 12.1 Å². The maximum absolute atomic E-state index is 12.8. The molecule has 0 fully saturated rings. The number of rotatable bonds is 7. The largest absolute Gasteiger partial charge is 0.486 e. The van der Waals surface area contributed by atoms with E-state index in [4.69, 9.17) is 19.9 Å². The molecule has 10 heteroatoms. The van der Waals surface area contributed by atoms with Crippen LogP contribution in [0.25, 0.3) is 0 Å². The van der Waals surface area contributed by atoms with Crippen LogP contribution < -0.4 is 15.2 Å². The molecule has 2 aromatic carbocycles. The van der Waals surface area contributed by atoms with Gasteiger partial charge in [0.2, 0.25) is 5.78 Å². The average Bonchev–Trinajstić information content (AvgIpc) is 3.10. The van der Waals surface area contributed by atoms with E-state index in [1.165, 1.54) is 12.1 Å². The molecule has 2 heterocycles. The number of fused-ring (bicyclic) bond motifs is 1. The van der Waals surface area contributed by atoms with Gasteiger partial charge in [0, 0.05) is 23.0 Å². The zero-order chi connectivity index (χ0) is 24.4. The number of nitrogens with zero attached hydrogens (tertiary/aromatic N) is 2. The van der Waals surface area contributed by atoms with Gasteiger partial charge in [0.1, 0.15) is 12.3 Å². The number of ether oxygens (including phenoxy) is 3. The number of aromatic nitrogens is 1. The van der Waals surface area contributed by atoms with Gasteiger partial charge in [-0.25, -0.2) is 4.79 Å². The second-order valence-corrected chi connectivity index (χ2v) is 7.92. The van der Waals surface area contributed by atoms with Crippen LogP contribution in [-0.4, -0.2) is 40.6 Å². The third-order valence-electron chi connectivity index (χ3n) is 5.62. The maximum Gasteiger partial charge on any atom is 0.338 e. The van der Waals surface area contributed by atoms with Crippen molar-refractivity contribution in [3.63, 3.8) is 0 Å². The van der Waals surface area contributed by atoms with Gasteiger partial charge in [0.25, 0.3) is 5.69 Å². The van der Waals surface area contributed by atoms with Crippen LogP contribution in [-0.2, 0) is 11.3 Å². The number of carbonyl (C=O) groups is 2. The molecule has 176 valence electrons. The van der Waals surface area contributed by atoms with Crippen LogP contribution in [0.5, 0.6) is 11.5 Å². The monoisotopic (exact) mass is 465 g/mol. The summed E-state index contributed by atoms with van der Waals surface area (Å²) in [7, 11) is 0. The summed E-state index contributed by atoms with van der Waals surface area (Å²) in [5.74, 6) is 0.136. The molecule has 4 rings (SSSR count). The number of carbonyl (C=O) groups excluding carboxylic acids is 2. The molecule has 0 unspecified atom stereocenters. The number of anilines is 1. The second-order valence-electron chi connectivity index (χ2n) is 7.92. The molecule has 0 saturated carbocycles. The Morgan fingerprint density at radius 3 is 2.65 bits per heavy atom. The molecule has 0 amide bonds. The van der Waals surface area contributed by atoms with Crippen LogP contribution in [0.15, 0.2) is 48.5 Å². The Morgan fingerprint density at radius 2 is 1.91 bits per heavy atom. The Balaban J connectivity index is 1.42. The van der Waals surface area contributed by atoms with E-state index in [0.717, 1.165) is 11.8 Å². The van der Waals surface area contributed by atoms with E-state index in [9.17, 15) is 19.7 Å². The summed E-state index contributed by atoms with van der Waals surface area (Å²) in [5.41, 5.74) is 7.00. The van der Waals surface area contributed by atoms with Crippen molar-refractivity contribution in [3.05, 3.63) is 81.2 Å². The fourth-order valence-electron chi connectivity index (χ4n) is 3.84. The van der Waals surface area contributed by atoms with E-state index in [1.54, 1.807) is 6.07 Å². The molecule has 1 aromatic heterocycles. The van der Waals surface area contributed by atoms with Crippen molar-refractivity contribution in [1.29, 1.82) is 0 Å². The summed E-state index contributed by atoms with van der Waals surface area (Å²) in [6.45, 7) is 4.04. The van der Waals surface area contributed by atoms with Crippen LogP contribution >= 0.6 is 0 Å². The highest BCUT2D eigenvalue weighted by Crippen LogP contribution is 2.31. The van der Waals surface area contributed by atoms with E-state index < -0.39 is 23.2 Å². The number of nitrogen functional groups attached to an aromatic ring is 1. The quantitative estimate of drug-likeness (QED) is 0.184. The predicted molar refractivity (Wildman–Crippen MR) is 122 cm³/mol. The summed E-state index contributed by atoms with van der Waals surface area (Å²) in [5, 5.41) is 11.0. The SMILES string of the molecule is Cc1cc(C(=O)COC(=O)c2ccc(N)c([N+](=O)[O-])c2)c(C)n1C[C@H]1COc2ccccc2O1. The van der Waals surface area contributed by atoms with Crippen molar-refractivity contribution in [3.8, 4) is 11.5 Å². The van der Waals surface area contributed by atoms with Crippen molar-refractivity contribution in [2.24, 2.45) is 0 Å². The molecule has 0 saturated heterocycles. The molecule has 34 heavy (non-hydrogen) atoms. The highest BCUT2D eigenvalue weighted by atomic mass is 16.6. The predicted octanol–water partition coefficient (Wildman–Crippen LogP) is 3.48. The summed E-state index contributed by atoms with van der Waals surface area (Å²) in [6.07, 6.45) is -0.234. The lowest BCUT2D eigenvalue weighted by atomic mass is 10.1. The van der Waals surface area contributed by atoms with Crippen LogP contribution in [0.2, 0.25) is 0 Å². The fraction of sp³-hybridized carbons (Fsp3) is 0.250. The van der Waals surface area contributed by atoms with E-state index in [1.807, 2.05) is 42.7 Å². The van der Waals surface area contributed by atoms with Crippen LogP contribution in [0.4, 0.5) is 11.4 Å². The lowest BCUT2D eigenvalue weighted by Crippen LogP contribution is -2.33. The summed E-state index contributed by atoms with van der Waals surface area (Å²) in [6, 6.07) is 12.8. The molecule has 0 radical (unpaired) electrons. The molecule has 10 nitrogen and oxygen atoms in total. The van der Waals surface area contributed by atoms with E-state index in [2.05, 4.69) is 0 Å². The van der Waals surface area contributed by atoms with Crippen molar-refractivity contribution < 1.29 is 28.7 Å². The Hall–Kier alpha value is -4.34. The molecule has 0 aliphatic carbocycles. The second kappa shape index (κ2) is 9.26. The van der Waals surface area contributed by atoms with E-state index in [-0.39, 0.29) is 23.1 Å². The minimum absolute atomic E-state index is 0.0612. The summed E-state index contributed by atoms with van der Waals surface area (Å²) in [4.78, 5) is 35.4. The standard InChI is InChI=1S/C24H23N3O7/c1-14-9-18(15(2)26(14)11-17-12-32-22-5-3-4-6-23(22)34-17)21(28)13-33-24(29)16-7-8-19(25)20(10-16)27(30)31/h3-10,17H,11-13,25H2,1-2H3/t17-/m0/s1. The molecular formula is C24H23N3O7. The van der Waals surface area contributed by atoms with Crippen LogP contribution in [0.3, 0.4) is 0 Å². The Bertz CT molecular complexity index is 1280. The first-order valence-corrected chi connectivity index (χ1v) is 10.5. The van der Waals surface area contributed by atoms with Gasteiger partial charge in [-0.3, -0.25) is 14.9 Å². The summed E-state index contributed by atoms with van der Waals surface area (Å²) < 4.78 is 18.9. The van der Waals surface area contributed by atoms with Gasteiger partial charge in [-0.05, 0) is 44.2 Å². The zero-order valence-electron chi connectivity index (χ0n) is 18.6. The number of aryl methyl sites for hydroxylation is 1. The molecule has 3 aromatic rings. The average molecular weight is 465 g/mol. The number of nitro groups is 1. The van der Waals surface area contributed by atoms with Crippen LogP contribution in [0, 0.1) is 24.0 Å². The van der Waals surface area contributed by atoms with Gasteiger partial charge < -0.3 is 24.5 Å². The van der Waals surface area contributed by atoms with Crippen molar-refractivity contribution in [1.82, 2.24) is 4.57 Å². The van der Waals surface area contributed by atoms with Gasteiger partial charge in [0.05, 0.1) is 17.0 Å². The lowest BCUT2D eigenvalue weighted by molar-refractivity contribution is -0.383. The lowest BCUT2D eigenvalue weighted by Gasteiger charge is -2.27. The first kappa shape index (κ1) is 22.8. The normalized spacial score (nSPS) is 14.5. The van der Waals surface area contributed by atoms with Gasteiger partial charge in [-0.15, -0.1) is 0 Å². The number of esters is 1. The Labute approximate surface area is 195 Å². The Morgan fingerprint density at radius 1 is 1.18 bits per heavy atom. The van der Waals surface area contributed by atoms with Crippen molar-refractivity contribution in [2.75, 3.05) is 18.9 Å². The molecule has 0 spiro atoms. The topological polar surface area (TPSA) is 136 Å². The van der Waals surface area contributed by atoms with E-state index >= 15 is 0 Å². The first-order chi connectivity index (χ1) is 16.2. The first-order valence-electron chi connectivity index (χ1n) is 10.5. The molecular weight excluding hydrogens is 442 g/mol. The summed E-state index contributed by atoms with van der Waals surface area (Å²) >= 11 is 0. The van der Waals surface area contributed by atoms with Gasteiger partial charge in [-0.2, -0.15) is 0 Å². The number of nitro benzene ring substituents is 1. The number of benzene rings is 2. The number of ketones is 1. The number of hydrogen-bond acceptors (Lipinski definition) is 8. The maximum atomic E-state index is 12.8. The minimum Gasteiger partial charge on any atom is -0.486 e. The van der Waals surface area contributed by atoms with Crippen molar-refractivity contribution >= 4 is 23.1 Å².